The summed E-state index contributed by atoms with van der Waals surface area (Å²) >= 11 is 0. The summed E-state index contributed by atoms with van der Waals surface area (Å²) in [5.74, 6) is 3.33. The second-order valence-corrected chi connectivity index (χ2v) is 16.0. The lowest BCUT2D eigenvalue weighted by Crippen LogP contribution is -2.18. The van der Waals surface area contributed by atoms with Crippen molar-refractivity contribution in [3.63, 3.8) is 0 Å². The molecule has 1 aromatic heterocycles. The maximum absolute atomic E-state index is 7.01. The second-order valence-electron chi connectivity index (χ2n) is 16.0. The van der Waals surface area contributed by atoms with Gasteiger partial charge in [-0.3, -0.25) is 0 Å². The van der Waals surface area contributed by atoms with Gasteiger partial charge in [-0.1, -0.05) is 117 Å². The van der Waals surface area contributed by atoms with Crippen LogP contribution in [0.2, 0.25) is 0 Å². The fourth-order valence-electron chi connectivity index (χ4n) is 10.0. The number of fused-ring (bicyclic) bond motifs is 15. The van der Waals surface area contributed by atoms with E-state index in [1.54, 1.807) is 0 Å². The minimum atomic E-state index is -0.302. The number of para-hydroxylation sites is 8. The summed E-state index contributed by atoms with van der Waals surface area (Å²) < 4.78 is 19.9. The van der Waals surface area contributed by atoms with Gasteiger partial charge in [0, 0.05) is 33.0 Å². The van der Waals surface area contributed by atoms with Gasteiger partial charge >= 0.3 is 0 Å². The standard InChI is InChI=1S/C53H34N2O3/c1-53(2)35-27-28-47-52(50-34-18-6-4-16-32(34)42(30-48(50)58-47)55-39-21-9-13-25-45(39)57-46-26-14-10-22-40(46)55)51(35)49-33-17-5-3-15-31(33)41(29-36(49)53)54-37-19-7-11-23-43(37)56-44-24-12-8-20-38(44)54/h3-30H,1-2H3. The predicted octanol–water partition coefficient (Wildman–Crippen LogP) is 15.3. The van der Waals surface area contributed by atoms with Gasteiger partial charge in [0.15, 0.2) is 23.0 Å². The van der Waals surface area contributed by atoms with Crippen LogP contribution in [-0.4, -0.2) is 0 Å². The van der Waals surface area contributed by atoms with Crippen molar-refractivity contribution in [3.8, 4) is 34.1 Å². The van der Waals surface area contributed by atoms with E-state index in [1.807, 2.05) is 36.4 Å². The van der Waals surface area contributed by atoms with E-state index in [-0.39, 0.29) is 5.41 Å². The van der Waals surface area contributed by atoms with E-state index in [0.29, 0.717) is 0 Å². The van der Waals surface area contributed by atoms with Crippen molar-refractivity contribution in [3.05, 3.63) is 181 Å². The minimum Gasteiger partial charge on any atom is -0.456 e. The van der Waals surface area contributed by atoms with E-state index in [4.69, 9.17) is 13.9 Å². The lowest BCUT2D eigenvalue weighted by molar-refractivity contribution is 0.477. The number of benzene rings is 9. The van der Waals surface area contributed by atoms with E-state index in [0.717, 1.165) is 89.8 Å². The summed E-state index contributed by atoms with van der Waals surface area (Å²) in [7, 11) is 0. The zero-order chi connectivity index (χ0) is 38.3. The molecule has 3 heterocycles. The Labute approximate surface area is 334 Å². The molecule has 1 aliphatic carbocycles. The summed E-state index contributed by atoms with van der Waals surface area (Å²) in [6, 6.07) is 60.0. The third-order valence-electron chi connectivity index (χ3n) is 12.6. The Balaban J connectivity index is 1.11. The van der Waals surface area contributed by atoms with Gasteiger partial charge in [0.25, 0.3) is 0 Å². The van der Waals surface area contributed by atoms with Crippen molar-refractivity contribution < 1.29 is 13.9 Å². The maximum atomic E-state index is 7.01. The first kappa shape index (κ1) is 31.7. The summed E-state index contributed by atoms with van der Waals surface area (Å²) in [5, 5.41) is 6.98. The molecule has 0 fully saturated rings. The topological polar surface area (TPSA) is 38.1 Å². The van der Waals surface area contributed by atoms with Gasteiger partial charge in [0.2, 0.25) is 0 Å². The molecule has 0 unspecified atom stereocenters. The first-order chi connectivity index (χ1) is 28.5. The van der Waals surface area contributed by atoms with Crippen LogP contribution in [-0.2, 0) is 5.41 Å². The Hall–Kier alpha value is -7.50. The molecule has 58 heavy (non-hydrogen) atoms. The molecule has 2 aliphatic heterocycles. The fraction of sp³-hybridized carbons (Fsp3) is 0.0566. The Bertz CT molecular complexity index is 3320. The number of furan rings is 1. The fourth-order valence-corrected chi connectivity index (χ4v) is 10.0. The van der Waals surface area contributed by atoms with Crippen LogP contribution in [0.3, 0.4) is 0 Å². The maximum Gasteiger partial charge on any atom is 0.151 e. The molecular formula is C53H34N2O3. The van der Waals surface area contributed by atoms with E-state index in [1.165, 1.54) is 33.0 Å². The van der Waals surface area contributed by atoms with Gasteiger partial charge in [-0.05, 0) is 93.7 Å². The molecule has 0 N–H and O–H groups in total. The SMILES string of the molecule is CC1(C)c2cc(N3c4ccccc4Oc4ccccc43)c3ccccc3c2-c2c1ccc1oc3cc(N4c5ccccc5Oc5ccccc54)c4ccccc4c3c21. The largest absolute Gasteiger partial charge is 0.456 e. The molecule has 0 spiro atoms. The molecule has 5 heteroatoms. The average Bonchev–Trinajstić information content (AvgIpc) is 3.76. The van der Waals surface area contributed by atoms with Gasteiger partial charge in [-0.15, -0.1) is 0 Å². The normalized spacial score (nSPS) is 14.4. The van der Waals surface area contributed by atoms with Crippen LogP contribution in [0.15, 0.2) is 174 Å². The van der Waals surface area contributed by atoms with Gasteiger partial charge in [0.1, 0.15) is 11.2 Å². The van der Waals surface area contributed by atoms with E-state index in [2.05, 4.69) is 157 Å². The van der Waals surface area contributed by atoms with Crippen LogP contribution in [0, 0.1) is 0 Å². The molecule has 10 aromatic rings. The molecule has 13 rings (SSSR count). The van der Waals surface area contributed by atoms with Crippen LogP contribution < -0.4 is 19.3 Å². The third-order valence-corrected chi connectivity index (χ3v) is 12.6. The molecule has 274 valence electrons. The van der Waals surface area contributed by atoms with Crippen molar-refractivity contribution in [2.24, 2.45) is 0 Å². The number of hydrogen-bond acceptors (Lipinski definition) is 5. The molecule has 9 aromatic carbocycles. The number of nitrogens with zero attached hydrogens (tertiary/aromatic N) is 2. The van der Waals surface area contributed by atoms with Gasteiger partial charge in [0.05, 0.1) is 34.1 Å². The van der Waals surface area contributed by atoms with Crippen molar-refractivity contribution in [2.45, 2.75) is 19.3 Å². The van der Waals surface area contributed by atoms with Crippen LogP contribution in [0.25, 0.3) is 54.6 Å². The Morgan fingerprint density at radius 3 is 1.36 bits per heavy atom. The molecule has 0 saturated carbocycles. The summed E-state index contributed by atoms with van der Waals surface area (Å²) in [5.41, 5.74) is 12.8. The Morgan fingerprint density at radius 1 is 0.362 bits per heavy atom. The molecule has 5 nitrogen and oxygen atoms in total. The van der Waals surface area contributed by atoms with Crippen molar-refractivity contribution in [1.29, 1.82) is 0 Å². The molecule has 0 bridgehead atoms. The molecule has 0 amide bonds. The lowest BCUT2D eigenvalue weighted by atomic mass is 9.81. The molecule has 0 radical (unpaired) electrons. The van der Waals surface area contributed by atoms with E-state index >= 15 is 0 Å². The zero-order valence-electron chi connectivity index (χ0n) is 31.8. The van der Waals surface area contributed by atoms with Gasteiger partial charge in [-0.25, -0.2) is 0 Å². The number of anilines is 6. The van der Waals surface area contributed by atoms with Gasteiger partial charge < -0.3 is 23.7 Å². The first-order valence-corrected chi connectivity index (χ1v) is 19.8. The summed E-state index contributed by atoms with van der Waals surface area (Å²) in [4.78, 5) is 4.71. The predicted molar refractivity (Wildman–Crippen MR) is 236 cm³/mol. The number of ether oxygens (including phenoxy) is 2. The Morgan fingerprint density at radius 2 is 0.810 bits per heavy atom. The smallest absolute Gasteiger partial charge is 0.151 e. The highest BCUT2D eigenvalue weighted by Crippen LogP contribution is 2.60. The van der Waals surface area contributed by atoms with E-state index in [9.17, 15) is 0 Å². The number of rotatable bonds is 2. The highest BCUT2D eigenvalue weighted by atomic mass is 16.5. The van der Waals surface area contributed by atoms with Crippen molar-refractivity contribution >= 4 is 77.6 Å². The van der Waals surface area contributed by atoms with Crippen LogP contribution in [0.4, 0.5) is 34.1 Å². The Kier molecular flexibility index (Phi) is 6.17. The summed E-state index contributed by atoms with van der Waals surface area (Å²) in [6.45, 7) is 4.74. The third kappa shape index (κ3) is 4.09. The molecule has 0 saturated heterocycles. The highest BCUT2D eigenvalue weighted by molar-refractivity contribution is 6.28. The highest BCUT2D eigenvalue weighted by Gasteiger charge is 2.41. The van der Waals surface area contributed by atoms with Crippen LogP contribution in [0.5, 0.6) is 23.0 Å². The average molecular weight is 747 g/mol. The van der Waals surface area contributed by atoms with Crippen molar-refractivity contribution in [1.82, 2.24) is 0 Å². The molecule has 0 atom stereocenters. The second kappa shape index (κ2) is 11.3. The summed E-state index contributed by atoms with van der Waals surface area (Å²) in [6.07, 6.45) is 0. The van der Waals surface area contributed by atoms with E-state index < -0.39 is 0 Å². The van der Waals surface area contributed by atoms with Crippen LogP contribution >= 0.6 is 0 Å². The molecular weight excluding hydrogens is 713 g/mol. The quantitative estimate of drug-likeness (QED) is 0.176. The number of hydrogen-bond donors (Lipinski definition) is 0. The first-order valence-electron chi connectivity index (χ1n) is 19.8. The van der Waals surface area contributed by atoms with Crippen molar-refractivity contribution in [2.75, 3.05) is 9.80 Å². The zero-order valence-corrected chi connectivity index (χ0v) is 31.8. The monoisotopic (exact) mass is 746 g/mol. The minimum absolute atomic E-state index is 0.302. The van der Waals surface area contributed by atoms with Gasteiger partial charge in [-0.2, -0.15) is 0 Å². The molecule has 3 aliphatic rings. The lowest BCUT2D eigenvalue weighted by Gasteiger charge is -2.34. The van der Waals surface area contributed by atoms with Crippen LogP contribution in [0.1, 0.15) is 25.0 Å².